The number of nitrogens with zero attached hydrogens (tertiary/aromatic N) is 2. The molecule has 204 valence electrons. The van der Waals surface area contributed by atoms with E-state index in [0.29, 0.717) is 34.7 Å². The van der Waals surface area contributed by atoms with Crippen LogP contribution in [0, 0.1) is 17.2 Å². The molecule has 1 aromatic heterocycles. The predicted octanol–water partition coefficient (Wildman–Crippen LogP) is 8.12. The van der Waals surface area contributed by atoms with Gasteiger partial charge >= 0.3 is 6.18 Å². The number of nitrogens with one attached hydrogen (secondary N) is 1. The lowest BCUT2D eigenvalue weighted by molar-refractivity contribution is -0.137. The quantitative estimate of drug-likeness (QED) is 0.266. The number of allylic oxidation sites excluding steroid dienone is 2. The van der Waals surface area contributed by atoms with Gasteiger partial charge in [0.15, 0.2) is 5.58 Å². The maximum Gasteiger partial charge on any atom is 0.416 e. The molecule has 1 N–H and O–H groups in total. The fraction of sp³-hybridized carbons (Fsp3) is 0.281. The van der Waals surface area contributed by atoms with Crippen molar-refractivity contribution in [2.24, 2.45) is 5.92 Å². The highest BCUT2D eigenvalue weighted by Crippen LogP contribution is 2.34. The van der Waals surface area contributed by atoms with Crippen LogP contribution in [0.5, 0.6) is 0 Å². The van der Waals surface area contributed by atoms with Gasteiger partial charge in [0.05, 0.1) is 17.2 Å². The van der Waals surface area contributed by atoms with E-state index in [1.54, 1.807) is 30.3 Å². The van der Waals surface area contributed by atoms with Gasteiger partial charge in [-0.2, -0.15) is 18.4 Å². The summed E-state index contributed by atoms with van der Waals surface area (Å²) in [5.41, 5.74) is 5.19. The van der Waals surface area contributed by atoms with E-state index in [2.05, 4.69) is 22.4 Å². The van der Waals surface area contributed by atoms with Crippen LogP contribution in [-0.2, 0) is 6.18 Å². The van der Waals surface area contributed by atoms with Gasteiger partial charge in [0.25, 0.3) is 5.91 Å². The summed E-state index contributed by atoms with van der Waals surface area (Å²) in [5, 5.41) is 12.3. The molecule has 1 heterocycles. The zero-order valence-corrected chi connectivity index (χ0v) is 22.2. The minimum atomic E-state index is -4.34. The van der Waals surface area contributed by atoms with Crippen LogP contribution in [-0.4, -0.2) is 17.4 Å². The van der Waals surface area contributed by atoms with Gasteiger partial charge in [-0.15, -0.1) is 0 Å². The number of aromatic nitrogens is 1. The first-order chi connectivity index (χ1) is 19.1. The molecule has 1 aliphatic carbocycles. The molecule has 1 aliphatic rings. The summed E-state index contributed by atoms with van der Waals surface area (Å²) in [6.45, 7) is 4.59. The van der Waals surface area contributed by atoms with Crippen LogP contribution >= 0.6 is 0 Å². The Morgan fingerprint density at radius 3 is 2.40 bits per heavy atom. The van der Waals surface area contributed by atoms with Crippen LogP contribution in [0.1, 0.15) is 71.6 Å². The van der Waals surface area contributed by atoms with E-state index < -0.39 is 11.7 Å². The number of carbonyl (C=O) groups is 1. The third-order valence-electron chi connectivity index (χ3n) is 7.32. The minimum absolute atomic E-state index is 0.165. The molecule has 0 fully saturated rings. The molecule has 5 rings (SSSR count). The highest BCUT2D eigenvalue weighted by atomic mass is 19.4. The van der Waals surface area contributed by atoms with Crippen LogP contribution in [0.15, 0.2) is 71.2 Å². The smallest absolute Gasteiger partial charge is 0.416 e. The normalized spacial score (nSPS) is 15.6. The number of benzene rings is 3. The summed E-state index contributed by atoms with van der Waals surface area (Å²) in [6.07, 6.45) is 0.0602. The number of nitriles is 1. The lowest BCUT2D eigenvalue weighted by Crippen LogP contribution is -2.29. The highest BCUT2D eigenvalue weighted by Gasteiger charge is 2.30. The van der Waals surface area contributed by atoms with Gasteiger partial charge in [0.2, 0.25) is 5.89 Å². The molecule has 1 atom stereocenters. The van der Waals surface area contributed by atoms with Crippen molar-refractivity contribution in [1.29, 1.82) is 5.26 Å². The number of carbonyl (C=O) groups excluding carboxylic acids is 1. The number of rotatable bonds is 6. The molecule has 0 saturated carbocycles. The van der Waals surface area contributed by atoms with E-state index in [1.807, 2.05) is 19.9 Å². The Morgan fingerprint density at radius 1 is 1.10 bits per heavy atom. The number of halogens is 3. The van der Waals surface area contributed by atoms with Crippen LogP contribution in [0.25, 0.3) is 28.1 Å². The fourth-order valence-electron chi connectivity index (χ4n) is 4.99. The van der Waals surface area contributed by atoms with E-state index in [9.17, 15) is 23.2 Å². The van der Waals surface area contributed by atoms with Crippen LogP contribution in [0.4, 0.5) is 13.2 Å². The summed E-state index contributed by atoms with van der Waals surface area (Å²) >= 11 is 0. The number of alkyl halides is 3. The van der Waals surface area contributed by atoms with E-state index in [4.69, 9.17) is 4.42 Å². The van der Waals surface area contributed by atoms with E-state index in [0.717, 1.165) is 53.7 Å². The van der Waals surface area contributed by atoms with Crippen molar-refractivity contribution < 1.29 is 22.4 Å². The van der Waals surface area contributed by atoms with Gasteiger partial charge in [-0.1, -0.05) is 32.1 Å². The van der Waals surface area contributed by atoms with E-state index in [1.165, 1.54) is 12.1 Å². The number of amides is 1. The molecule has 1 amide bonds. The molecule has 4 aromatic rings. The Balaban J connectivity index is 1.20. The third-order valence-corrected chi connectivity index (χ3v) is 7.32. The number of oxazole rings is 1. The van der Waals surface area contributed by atoms with Crippen LogP contribution in [0.2, 0.25) is 0 Å². The molecule has 0 spiro atoms. The first-order valence-electron chi connectivity index (χ1n) is 13.2. The van der Waals surface area contributed by atoms with Gasteiger partial charge < -0.3 is 9.73 Å². The van der Waals surface area contributed by atoms with Gasteiger partial charge in [-0.25, -0.2) is 4.98 Å². The summed E-state index contributed by atoms with van der Waals surface area (Å²) < 4.78 is 44.5. The standard InChI is InChI=1S/C32H28F3N3O2/c1-19(2)27-15-21(17-36)16-28-29(27)40-31(38-28)25-9-7-24(8-10-25)30(39)37-18-20-3-5-22(6-4-20)23-11-13-26(14-12-23)32(33,34)35/h5,7-16,19-20H,3-4,6,18H2,1-2H3,(H,37,39). The fourth-order valence-corrected chi connectivity index (χ4v) is 4.99. The second-order valence-corrected chi connectivity index (χ2v) is 10.4. The Hall–Kier alpha value is -4.38. The van der Waals surface area contributed by atoms with Crippen molar-refractivity contribution in [2.45, 2.75) is 45.2 Å². The van der Waals surface area contributed by atoms with Gasteiger partial charge in [-0.05, 0) is 90.8 Å². The van der Waals surface area contributed by atoms with Crippen LogP contribution in [0.3, 0.4) is 0 Å². The van der Waals surface area contributed by atoms with E-state index in [-0.39, 0.29) is 17.7 Å². The Labute approximate surface area is 230 Å². The molecule has 0 aliphatic heterocycles. The monoisotopic (exact) mass is 543 g/mol. The Morgan fingerprint density at radius 2 is 1.80 bits per heavy atom. The van der Waals surface area contributed by atoms with Crippen LogP contribution < -0.4 is 5.32 Å². The SMILES string of the molecule is CC(C)c1cc(C#N)cc2nc(-c3ccc(C(=O)NCC4CC=C(c5ccc(C(F)(F)F)cc5)CC4)cc3)oc12. The first kappa shape index (κ1) is 27.2. The maximum absolute atomic E-state index is 12.8. The second kappa shape index (κ2) is 11.0. The van der Waals surface area contributed by atoms with Crippen molar-refractivity contribution in [1.82, 2.24) is 10.3 Å². The summed E-state index contributed by atoms with van der Waals surface area (Å²) in [7, 11) is 0. The summed E-state index contributed by atoms with van der Waals surface area (Å²) in [5.74, 6) is 0.674. The molecular formula is C32H28F3N3O2. The second-order valence-electron chi connectivity index (χ2n) is 10.4. The molecule has 5 nitrogen and oxygen atoms in total. The Kier molecular flexibility index (Phi) is 7.49. The van der Waals surface area contributed by atoms with Crippen molar-refractivity contribution in [3.63, 3.8) is 0 Å². The molecule has 1 unspecified atom stereocenters. The van der Waals surface area contributed by atoms with Crippen molar-refractivity contribution in [3.05, 3.63) is 94.6 Å². The molecular weight excluding hydrogens is 515 g/mol. The van der Waals surface area contributed by atoms with Gasteiger partial charge in [-0.3, -0.25) is 4.79 Å². The van der Waals surface area contributed by atoms with E-state index >= 15 is 0 Å². The summed E-state index contributed by atoms with van der Waals surface area (Å²) in [4.78, 5) is 17.4. The lowest BCUT2D eigenvalue weighted by Gasteiger charge is -2.22. The third kappa shape index (κ3) is 5.79. The minimum Gasteiger partial charge on any atom is -0.436 e. The average Bonchev–Trinajstić information content (AvgIpc) is 3.39. The topological polar surface area (TPSA) is 78.9 Å². The first-order valence-corrected chi connectivity index (χ1v) is 13.2. The molecule has 3 aromatic carbocycles. The molecule has 0 saturated heterocycles. The largest absolute Gasteiger partial charge is 0.436 e. The van der Waals surface area contributed by atoms with Crippen molar-refractivity contribution in [2.75, 3.05) is 6.54 Å². The number of hydrogen-bond donors (Lipinski definition) is 1. The Bertz CT molecular complexity index is 1610. The predicted molar refractivity (Wildman–Crippen MR) is 147 cm³/mol. The zero-order valence-electron chi connectivity index (χ0n) is 22.2. The molecule has 8 heteroatoms. The maximum atomic E-state index is 12.8. The number of hydrogen-bond acceptors (Lipinski definition) is 4. The lowest BCUT2D eigenvalue weighted by atomic mass is 9.86. The summed E-state index contributed by atoms with van der Waals surface area (Å²) in [6, 6.07) is 18.0. The van der Waals surface area contributed by atoms with Crippen molar-refractivity contribution in [3.8, 4) is 17.5 Å². The molecule has 40 heavy (non-hydrogen) atoms. The van der Waals surface area contributed by atoms with Crippen molar-refractivity contribution >= 4 is 22.6 Å². The number of fused-ring (bicyclic) bond motifs is 1. The van der Waals surface area contributed by atoms with Gasteiger partial charge in [0.1, 0.15) is 5.52 Å². The van der Waals surface area contributed by atoms with Gasteiger partial charge in [0, 0.05) is 23.2 Å². The zero-order chi connectivity index (χ0) is 28.4. The molecule has 0 bridgehead atoms. The average molecular weight is 544 g/mol. The molecule has 0 radical (unpaired) electrons. The highest BCUT2D eigenvalue weighted by molar-refractivity contribution is 5.94.